The van der Waals surface area contributed by atoms with Crippen LogP contribution in [0.25, 0.3) is 0 Å². The fraction of sp³-hybridized carbons (Fsp3) is 0.308. The van der Waals surface area contributed by atoms with Gasteiger partial charge < -0.3 is 14.6 Å². The van der Waals surface area contributed by atoms with E-state index < -0.39 is 0 Å². The second-order valence-corrected chi connectivity index (χ2v) is 5.66. The van der Waals surface area contributed by atoms with Crippen LogP contribution in [0.4, 0.5) is 0 Å². The van der Waals surface area contributed by atoms with Crippen molar-refractivity contribution in [3.05, 3.63) is 44.7 Å². The number of rotatable bonds is 6. The van der Waals surface area contributed by atoms with E-state index >= 15 is 0 Å². The minimum absolute atomic E-state index is 0.634. The van der Waals surface area contributed by atoms with Gasteiger partial charge in [-0.25, -0.2) is 0 Å². The second kappa shape index (κ2) is 7.07. The Morgan fingerprint density at radius 2 is 2.16 bits per heavy atom. The van der Waals surface area contributed by atoms with Crippen molar-refractivity contribution in [2.75, 3.05) is 6.61 Å². The molecule has 2 aromatic rings. The lowest BCUT2D eigenvalue weighted by molar-refractivity contribution is 0.332. The Hall–Kier alpha value is -0.850. The summed E-state index contributed by atoms with van der Waals surface area (Å²) in [6, 6.07) is 5.86. The first-order valence-corrected chi connectivity index (χ1v) is 7.50. The topological polar surface area (TPSA) is 47.3 Å². The summed E-state index contributed by atoms with van der Waals surface area (Å²) in [4.78, 5) is 0. The summed E-state index contributed by atoms with van der Waals surface area (Å²) in [6.45, 7) is 3.93. The highest BCUT2D eigenvalue weighted by Gasteiger charge is 2.10. The Bertz CT molecular complexity index is 530. The highest BCUT2D eigenvalue weighted by atomic mass is 79.9. The molecule has 0 amide bonds. The largest absolute Gasteiger partial charge is 0.492 e. The van der Waals surface area contributed by atoms with Crippen molar-refractivity contribution in [3.63, 3.8) is 0 Å². The van der Waals surface area contributed by atoms with Gasteiger partial charge in [0.1, 0.15) is 11.5 Å². The number of aromatic nitrogens is 1. The van der Waals surface area contributed by atoms with Gasteiger partial charge in [0, 0.05) is 22.6 Å². The molecule has 0 bridgehead atoms. The molecule has 0 fully saturated rings. The smallest absolute Gasteiger partial charge is 0.150 e. The molecule has 0 aliphatic heterocycles. The van der Waals surface area contributed by atoms with Crippen LogP contribution in [-0.4, -0.2) is 11.8 Å². The Morgan fingerprint density at radius 3 is 2.84 bits per heavy atom. The molecule has 0 radical (unpaired) electrons. The highest BCUT2D eigenvalue weighted by Crippen LogP contribution is 2.33. The molecule has 0 spiro atoms. The van der Waals surface area contributed by atoms with Gasteiger partial charge >= 0.3 is 0 Å². The van der Waals surface area contributed by atoms with Crippen molar-refractivity contribution in [1.82, 2.24) is 10.5 Å². The maximum Gasteiger partial charge on any atom is 0.150 e. The van der Waals surface area contributed by atoms with Crippen LogP contribution < -0.4 is 10.1 Å². The quantitative estimate of drug-likeness (QED) is 0.814. The summed E-state index contributed by atoms with van der Waals surface area (Å²) < 4.78 is 12.7. The van der Waals surface area contributed by atoms with E-state index in [0.29, 0.717) is 19.7 Å². The van der Waals surface area contributed by atoms with E-state index in [4.69, 9.17) is 9.26 Å². The van der Waals surface area contributed by atoms with Gasteiger partial charge in [-0.05, 0) is 35.0 Å². The molecule has 1 N–H and O–H groups in total. The van der Waals surface area contributed by atoms with Crippen molar-refractivity contribution in [3.8, 4) is 5.75 Å². The lowest BCUT2D eigenvalue weighted by atomic mass is 10.2. The van der Waals surface area contributed by atoms with Crippen LogP contribution in [0.5, 0.6) is 5.75 Å². The summed E-state index contributed by atoms with van der Waals surface area (Å²) in [5, 5.41) is 6.97. The number of nitrogens with one attached hydrogen (secondary N) is 1. The number of hydrogen-bond donors (Lipinski definition) is 1. The Kier molecular flexibility index (Phi) is 5.42. The molecular weight excluding hydrogens is 376 g/mol. The zero-order valence-corrected chi connectivity index (χ0v) is 13.6. The first-order chi connectivity index (χ1) is 9.20. The zero-order chi connectivity index (χ0) is 13.7. The van der Waals surface area contributed by atoms with Crippen LogP contribution >= 0.6 is 31.9 Å². The fourth-order valence-electron chi connectivity index (χ4n) is 1.70. The standard InChI is InChI=1S/C13H14Br2N2O2/c1-2-18-13-9(5-10(14)6-12(13)15)7-16-8-11-3-4-17-19-11/h3-6,16H,2,7-8H2,1H3. The fourth-order valence-corrected chi connectivity index (χ4v) is 3.13. The van der Waals surface area contributed by atoms with E-state index in [0.717, 1.165) is 26.0 Å². The lowest BCUT2D eigenvalue weighted by Crippen LogP contribution is -2.13. The monoisotopic (exact) mass is 388 g/mol. The molecule has 0 saturated heterocycles. The average Bonchev–Trinajstić information content (AvgIpc) is 2.86. The van der Waals surface area contributed by atoms with Gasteiger partial charge in [-0.1, -0.05) is 21.1 Å². The van der Waals surface area contributed by atoms with Gasteiger partial charge in [-0.2, -0.15) is 0 Å². The van der Waals surface area contributed by atoms with Crippen molar-refractivity contribution >= 4 is 31.9 Å². The van der Waals surface area contributed by atoms with Gasteiger partial charge in [0.15, 0.2) is 0 Å². The molecule has 2 rings (SSSR count). The van der Waals surface area contributed by atoms with Crippen LogP contribution in [-0.2, 0) is 13.1 Å². The molecule has 1 aromatic carbocycles. The third-order valence-electron chi connectivity index (χ3n) is 2.48. The normalized spacial score (nSPS) is 10.7. The van der Waals surface area contributed by atoms with E-state index in [1.807, 2.05) is 25.1 Å². The minimum Gasteiger partial charge on any atom is -0.492 e. The molecule has 0 aliphatic rings. The van der Waals surface area contributed by atoms with Crippen molar-refractivity contribution < 1.29 is 9.26 Å². The van der Waals surface area contributed by atoms with Gasteiger partial charge in [0.05, 0.1) is 23.8 Å². The molecule has 1 aromatic heterocycles. The Morgan fingerprint density at radius 1 is 1.32 bits per heavy atom. The molecular formula is C13H14Br2N2O2. The van der Waals surface area contributed by atoms with E-state index in [1.165, 1.54) is 0 Å². The number of ether oxygens (including phenoxy) is 1. The number of hydrogen-bond acceptors (Lipinski definition) is 4. The van der Waals surface area contributed by atoms with E-state index in [-0.39, 0.29) is 0 Å². The Labute approximate surface area is 128 Å². The summed E-state index contributed by atoms with van der Waals surface area (Å²) in [5.74, 6) is 1.68. The first-order valence-electron chi connectivity index (χ1n) is 5.91. The van der Waals surface area contributed by atoms with Crippen LogP contribution in [0.1, 0.15) is 18.2 Å². The first kappa shape index (κ1) is 14.6. The summed E-state index contributed by atoms with van der Waals surface area (Å²) >= 11 is 7.01. The van der Waals surface area contributed by atoms with Gasteiger partial charge in [0.2, 0.25) is 0 Å². The molecule has 0 aliphatic carbocycles. The summed E-state index contributed by atoms with van der Waals surface area (Å²) in [7, 11) is 0. The number of halogens is 2. The van der Waals surface area contributed by atoms with Gasteiger partial charge in [0.25, 0.3) is 0 Å². The van der Waals surface area contributed by atoms with E-state index in [2.05, 4.69) is 42.3 Å². The predicted molar refractivity (Wildman–Crippen MR) is 80.1 cm³/mol. The zero-order valence-electron chi connectivity index (χ0n) is 10.5. The van der Waals surface area contributed by atoms with Crippen LogP contribution in [0.3, 0.4) is 0 Å². The molecule has 0 atom stereocenters. The van der Waals surface area contributed by atoms with Crippen molar-refractivity contribution in [1.29, 1.82) is 0 Å². The molecule has 6 heteroatoms. The SMILES string of the molecule is CCOc1c(Br)cc(Br)cc1CNCc1ccno1. The molecule has 1 heterocycles. The molecule has 0 saturated carbocycles. The number of benzene rings is 1. The predicted octanol–water partition coefficient (Wildman–Crippen LogP) is 3.89. The van der Waals surface area contributed by atoms with Crippen LogP contribution in [0.2, 0.25) is 0 Å². The molecule has 19 heavy (non-hydrogen) atoms. The molecule has 102 valence electrons. The second-order valence-electron chi connectivity index (χ2n) is 3.89. The van der Waals surface area contributed by atoms with E-state index in [1.54, 1.807) is 6.20 Å². The summed E-state index contributed by atoms with van der Waals surface area (Å²) in [6.07, 6.45) is 1.64. The lowest BCUT2D eigenvalue weighted by Gasteiger charge is -2.13. The highest BCUT2D eigenvalue weighted by molar-refractivity contribution is 9.11. The molecule has 0 unspecified atom stereocenters. The molecule has 4 nitrogen and oxygen atoms in total. The van der Waals surface area contributed by atoms with Gasteiger partial charge in [-0.15, -0.1) is 0 Å². The maximum atomic E-state index is 5.67. The Balaban J connectivity index is 2.05. The van der Waals surface area contributed by atoms with Crippen LogP contribution in [0, 0.1) is 0 Å². The van der Waals surface area contributed by atoms with E-state index in [9.17, 15) is 0 Å². The van der Waals surface area contributed by atoms with Crippen molar-refractivity contribution in [2.24, 2.45) is 0 Å². The average molecular weight is 390 g/mol. The third-order valence-corrected chi connectivity index (χ3v) is 3.53. The van der Waals surface area contributed by atoms with Crippen LogP contribution in [0.15, 0.2) is 37.9 Å². The third kappa shape index (κ3) is 4.06. The van der Waals surface area contributed by atoms with Crippen molar-refractivity contribution in [2.45, 2.75) is 20.0 Å². The maximum absolute atomic E-state index is 5.67. The summed E-state index contributed by atoms with van der Waals surface area (Å²) in [5.41, 5.74) is 1.09. The minimum atomic E-state index is 0.634. The van der Waals surface area contributed by atoms with Gasteiger partial charge in [-0.3, -0.25) is 0 Å². The number of nitrogens with zero attached hydrogens (tertiary/aromatic N) is 1.